The fraction of sp³-hybridized carbons (Fsp3) is 0.333. The molecule has 8 heteroatoms. The van der Waals surface area contributed by atoms with Crippen molar-refractivity contribution in [2.75, 3.05) is 24.3 Å². The lowest BCUT2D eigenvalue weighted by atomic mass is 10.2. The van der Waals surface area contributed by atoms with Crippen LogP contribution < -0.4 is 10.6 Å². The number of benzene rings is 1. The van der Waals surface area contributed by atoms with Crippen molar-refractivity contribution in [3.8, 4) is 0 Å². The van der Waals surface area contributed by atoms with Crippen LogP contribution in [0, 0.1) is 5.92 Å². The zero-order valence-corrected chi connectivity index (χ0v) is 13.9. The summed E-state index contributed by atoms with van der Waals surface area (Å²) in [7, 11) is 1.32. The van der Waals surface area contributed by atoms with E-state index in [1.807, 2.05) is 0 Å². The lowest BCUT2D eigenvalue weighted by Crippen LogP contribution is -2.11. The minimum Gasteiger partial charge on any atom is -0.465 e. The number of carbonyl (C=O) groups is 1. The van der Waals surface area contributed by atoms with Crippen LogP contribution in [0.1, 0.15) is 24.2 Å². The van der Waals surface area contributed by atoms with Crippen LogP contribution in [0.4, 0.5) is 17.5 Å². The maximum Gasteiger partial charge on any atom is 0.337 e. The van der Waals surface area contributed by atoms with Gasteiger partial charge in [-0.3, -0.25) is 0 Å². The Bertz CT molecular complexity index is 693. The van der Waals surface area contributed by atoms with Crippen molar-refractivity contribution >= 4 is 35.0 Å². The average Bonchev–Trinajstić information content (AvgIpc) is 2.54. The van der Waals surface area contributed by atoms with Crippen LogP contribution in [-0.4, -0.2) is 34.8 Å². The van der Waals surface area contributed by atoms with Crippen LogP contribution in [0.5, 0.6) is 0 Å². The highest BCUT2D eigenvalue weighted by atomic mass is 35.5. The van der Waals surface area contributed by atoms with Gasteiger partial charge in [0.1, 0.15) is 0 Å². The number of carbonyl (C=O) groups excluding carboxylic acids is 1. The van der Waals surface area contributed by atoms with Crippen LogP contribution >= 0.6 is 11.6 Å². The fourth-order valence-corrected chi connectivity index (χ4v) is 1.90. The standard InChI is InChI=1S/C15H18ClN5O2/c1-9(2)7-17-13-8-18-21-15(20-13)19-12-6-10(14(22)23-3)4-5-11(12)16/h4-6,8-9H,7H2,1-3H3,(H2,17,19,20,21). The average molecular weight is 336 g/mol. The number of anilines is 3. The van der Waals surface area contributed by atoms with Gasteiger partial charge >= 0.3 is 5.97 Å². The van der Waals surface area contributed by atoms with E-state index in [0.29, 0.717) is 28.0 Å². The number of aromatic nitrogens is 3. The molecule has 2 aromatic rings. The molecule has 0 atom stereocenters. The van der Waals surface area contributed by atoms with Gasteiger partial charge in [0.15, 0.2) is 5.82 Å². The van der Waals surface area contributed by atoms with E-state index in [1.165, 1.54) is 7.11 Å². The van der Waals surface area contributed by atoms with Crippen molar-refractivity contribution in [2.24, 2.45) is 5.92 Å². The molecule has 0 saturated carbocycles. The molecule has 1 heterocycles. The first-order chi connectivity index (χ1) is 11.0. The van der Waals surface area contributed by atoms with Crippen LogP contribution in [0.3, 0.4) is 0 Å². The van der Waals surface area contributed by atoms with E-state index in [1.54, 1.807) is 24.4 Å². The highest BCUT2D eigenvalue weighted by Crippen LogP contribution is 2.25. The van der Waals surface area contributed by atoms with E-state index < -0.39 is 5.97 Å². The number of ether oxygens (including phenoxy) is 1. The molecule has 0 spiro atoms. The number of nitrogens with zero attached hydrogens (tertiary/aromatic N) is 3. The second kappa shape index (κ2) is 7.73. The Labute approximate surface area is 139 Å². The van der Waals surface area contributed by atoms with Gasteiger partial charge in [0, 0.05) is 6.54 Å². The minimum atomic E-state index is -0.448. The zero-order valence-electron chi connectivity index (χ0n) is 13.1. The number of nitrogens with one attached hydrogen (secondary N) is 2. The first-order valence-electron chi connectivity index (χ1n) is 7.08. The molecular formula is C15H18ClN5O2. The number of rotatable bonds is 6. The van der Waals surface area contributed by atoms with Crippen LogP contribution in [0.2, 0.25) is 5.02 Å². The second-order valence-electron chi connectivity index (χ2n) is 5.25. The number of methoxy groups -OCH3 is 1. The molecule has 0 amide bonds. The topological polar surface area (TPSA) is 89.0 Å². The smallest absolute Gasteiger partial charge is 0.337 e. The van der Waals surface area contributed by atoms with Gasteiger partial charge in [-0.2, -0.15) is 10.1 Å². The molecule has 0 aliphatic heterocycles. The second-order valence-corrected chi connectivity index (χ2v) is 5.66. The lowest BCUT2D eigenvalue weighted by Gasteiger charge is -2.10. The molecule has 0 aliphatic rings. The molecule has 23 heavy (non-hydrogen) atoms. The Kier molecular flexibility index (Phi) is 5.70. The first kappa shape index (κ1) is 17.0. The number of hydrogen-bond donors (Lipinski definition) is 2. The van der Waals surface area contributed by atoms with E-state index in [4.69, 9.17) is 16.3 Å². The third-order valence-electron chi connectivity index (χ3n) is 2.88. The van der Waals surface area contributed by atoms with Gasteiger partial charge < -0.3 is 15.4 Å². The fourth-order valence-electron chi connectivity index (χ4n) is 1.74. The molecule has 0 aliphatic carbocycles. The summed E-state index contributed by atoms with van der Waals surface area (Å²) in [5, 5.41) is 14.4. The van der Waals surface area contributed by atoms with Gasteiger partial charge in [-0.05, 0) is 24.1 Å². The molecule has 0 bridgehead atoms. The molecule has 7 nitrogen and oxygen atoms in total. The van der Waals surface area contributed by atoms with Crippen molar-refractivity contribution in [2.45, 2.75) is 13.8 Å². The summed E-state index contributed by atoms with van der Waals surface area (Å²) < 4.78 is 4.69. The Morgan fingerprint density at radius 2 is 2.17 bits per heavy atom. The van der Waals surface area contributed by atoms with Crippen molar-refractivity contribution in [3.05, 3.63) is 35.0 Å². The third-order valence-corrected chi connectivity index (χ3v) is 3.21. The van der Waals surface area contributed by atoms with Gasteiger partial charge in [0.05, 0.1) is 29.6 Å². The van der Waals surface area contributed by atoms with Crippen molar-refractivity contribution in [3.63, 3.8) is 0 Å². The van der Waals surface area contributed by atoms with E-state index in [9.17, 15) is 4.79 Å². The predicted octanol–water partition coefficient (Wildman–Crippen LogP) is 3.12. The summed E-state index contributed by atoms with van der Waals surface area (Å²) >= 11 is 6.13. The van der Waals surface area contributed by atoms with Gasteiger partial charge in [-0.1, -0.05) is 25.4 Å². The Morgan fingerprint density at radius 1 is 1.39 bits per heavy atom. The minimum absolute atomic E-state index is 0.280. The van der Waals surface area contributed by atoms with Gasteiger partial charge in [0.25, 0.3) is 0 Å². The Hall–Kier alpha value is -2.41. The molecule has 0 unspecified atom stereocenters. The van der Waals surface area contributed by atoms with E-state index in [2.05, 4.69) is 39.7 Å². The van der Waals surface area contributed by atoms with Crippen molar-refractivity contribution in [1.29, 1.82) is 0 Å². The summed E-state index contributed by atoms with van der Waals surface area (Å²) in [5.41, 5.74) is 0.874. The lowest BCUT2D eigenvalue weighted by molar-refractivity contribution is 0.0601. The summed E-state index contributed by atoms with van der Waals surface area (Å²) in [4.78, 5) is 15.9. The first-order valence-corrected chi connectivity index (χ1v) is 7.46. The molecular weight excluding hydrogens is 318 g/mol. The zero-order chi connectivity index (χ0) is 16.8. The monoisotopic (exact) mass is 335 g/mol. The summed E-state index contributed by atoms with van der Waals surface area (Å²) in [6.45, 7) is 4.97. The van der Waals surface area contributed by atoms with Gasteiger partial charge in [0.2, 0.25) is 5.95 Å². The molecule has 1 aromatic heterocycles. The summed E-state index contributed by atoms with van der Waals surface area (Å²) in [6, 6.07) is 4.76. The van der Waals surface area contributed by atoms with E-state index >= 15 is 0 Å². The van der Waals surface area contributed by atoms with Gasteiger partial charge in [-0.25, -0.2) is 4.79 Å². The molecule has 0 radical (unpaired) electrons. The van der Waals surface area contributed by atoms with E-state index in [0.717, 1.165) is 6.54 Å². The molecule has 1 aromatic carbocycles. The Balaban J connectivity index is 2.18. The molecule has 2 rings (SSSR count). The van der Waals surface area contributed by atoms with Crippen LogP contribution in [-0.2, 0) is 4.74 Å². The quantitative estimate of drug-likeness (QED) is 0.784. The largest absolute Gasteiger partial charge is 0.465 e. The molecule has 2 N–H and O–H groups in total. The Morgan fingerprint density at radius 3 is 2.87 bits per heavy atom. The van der Waals surface area contributed by atoms with Gasteiger partial charge in [-0.15, -0.1) is 5.10 Å². The maximum atomic E-state index is 11.6. The molecule has 0 saturated heterocycles. The summed E-state index contributed by atoms with van der Waals surface area (Å²) in [5.74, 6) is 0.919. The van der Waals surface area contributed by atoms with Crippen LogP contribution in [0.25, 0.3) is 0 Å². The number of halogens is 1. The SMILES string of the molecule is COC(=O)c1ccc(Cl)c(Nc2nncc(NCC(C)C)n2)c1. The van der Waals surface area contributed by atoms with E-state index in [-0.39, 0.29) is 5.95 Å². The highest BCUT2D eigenvalue weighted by Gasteiger charge is 2.10. The van der Waals surface area contributed by atoms with Crippen molar-refractivity contribution < 1.29 is 9.53 Å². The van der Waals surface area contributed by atoms with Crippen molar-refractivity contribution in [1.82, 2.24) is 15.2 Å². The number of hydrogen-bond acceptors (Lipinski definition) is 7. The number of esters is 1. The van der Waals surface area contributed by atoms with Crippen LogP contribution in [0.15, 0.2) is 24.4 Å². The molecule has 122 valence electrons. The predicted molar refractivity (Wildman–Crippen MR) is 89.2 cm³/mol. The molecule has 0 fully saturated rings. The normalized spacial score (nSPS) is 10.5. The third kappa shape index (κ3) is 4.79. The highest BCUT2D eigenvalue weighted by molar-refractivity contribution is 6.33. The summed E-state index contributed by atoms with van der Waals surface area (Å²) in [6.07, 6.45) is 1.54. The maximum absolute atomic E-state index is 11.6.